The number of aliphatic hydroxyl groups is 1. The fraction of sp³-hybridized carbons (Fsp3) is 0.438. The van der Waals surface area contributed by atoms with Gasteiger partial charge in [-0.15, -0.1) is 11.3 Å². The van der Waals surface area contributed by atoms with Gasteiger partial charge in [-0.25, -0.2) is 9.97 Å². The molecule has 0 aromatic carbocycles. The number of carboxylic acids is 1. The van der Waals surface area contributed by atoms with Gasteiger partial charge in [0, 0.05) is 6.20 Å². The highest BCUT2D eigenvalue weighted by Gasteiger charge is 2.39. The second-order valence-corrected chi connectivity index (χ2v) is 7.16. The molecule has 0 bridgehead atoms. The number of rotatable bonds is 3. The van der Waals surface area contributed by atoms with E-state index in [0.717, 1.165) is 16.1 Å². The van der Waals surface area contributed by atoms with Crippen molar-refractivity contribution in [1.82, 2.24) is 9.97 Å². The highest BCUT2D eigenvalue weighted by atomic mass is 32.1. The first-order chi connectivity index (χ1) is 10.9. The van der Waals surface area contributed by atoms with Gasteiger partial charge >= 0.3 is 5.97 Å². The molecule has 0 aliphatic heterocycles. The smallest absolute Gasteiger partial charge is 0.306 e. The molecular formula is C16H19N3O3S. The number of nitrogens with zero attached hydrogens (tertiary/aromatic N) is 2. The Morgan fingerprint density at radius 2 is 2.09 bits per heavy atom. The van der Waals surface area contributed by atoms with Gasteiger partial charge in [-0.3, -0.25) is 4.79 Å². The topological polar surface area (TPSA) is 109 Å². The minimum Gasteiger partial charge on any atom is -0.481 e. The van der Waals surface area contributed by atoms with Gasteiger partial charge < -0.3 is 15.9 Å². The van der Waals surface area contributed by atoms with Gasteiger partial charge in [0.05, 0.1) is 16.5 Å². The summed E-state index contributed by atoms with van der Waals surface area (Å²) in [6.45, 7) is 1.95. The second kappa shape index (κ2) is 5.90. The summed E-state index contributed by atoms with van der Waals surface area (Å²) in [4.78, 5) is 20.6. The quantitative estimate of drug-likeness (QED) is 0.796. The van der Waals surface area contributed by atoms with Gasteiger partial charge in [-0.2, -0.15) is 0 Å². The molecular weight excluding hydrogens is 314 g/mol. The molecule has 122 valence electrons. The van der Waals surface area contributed by atoms with E-state index in [9.17, 15) is 9.90 Å². The van der Waals surface area contributed by atoms with Gasteiger partial charge in [0.25, 0.3) is 0 Å². The van der Waals surface area contributed by atoms with Gasteiger partial charge in [0.15, 0.2) is 0 Å². The fourth-order valence-electron chi connectivity index (χ4n) is 2.98. The molecule has 0 unspecified atom stereocenters. The van der Waals surface area contributed by atoms with Crippen LogP contribution in [-0.2, 0) is 10.4 Å². The first-order valence-electron chi connectivity index (χ1n) is 7.53. The Morgan fingerprint density at radius 3 is 2.70 bits per heavy atom. The van der Waals surface area contributed by atoms with Crippen molar-refractivity contribution < 1.29 is 15.0 Å². The predicted octanol–water partition coefficient (Wildman–Crippen LogP) is 2.56. The number of carboxylic acid groups (broad SMARTS) is 1. The lowest BCUT2D eigenvalue weighted by molar-refractivity contribution is -0.145. The summed E-state index contributed by atoms with van der Waals surface area (Å²) in [5, 5.41) is 20.5. The largest absolute Gasteiger partial charge is 0.481 e. The Hall–Kier alpha value is -1.99. The number of aromatic nitrogens is 2. The van der Waals surface area contributed by atoms with E-state index < -0.39 is 11.6 Å². The van der Waals surface area contributed by atoms with Crippen molar-refractivity contribution in [2.24, 2.45) is 5.92 Å². The van der Waals surface area contributed by atoms with Gasteiger partial charge in [-0.05, 0) is 50.3 Å². The van der Waals surface area contributed by atoms with Crippen molar-refractivity contribution in [3.05, 3.63) is 28.9 Å². The molecule has 2 aromatic rings. The number of thiazole rings is 1. The SMILES string of the molecule is Cc1cc(N)nc(-c2cnc(C3(O)CCC(C(=O)O)CC3)s2)c1. The summed E-state index contributed by atoms with van der Waals surface area (Å²) in [6.07, 6.45) is 3.47. The third kappa shape index (κ3) is 3.20. The predicted molar refractivity (Wildman–Crippen MR) is 88.0 cm³/mol. The maximum absolute atomic E-state index is 11.0. The van der Waals surface area contributed by atoms with Crippen LogP contribution in [0.3, 0.4) is 0 Å². The van der Waals surface area contributed by atoms with Crippen molar-refractivity contribution in [3.8, 4) is 10.6 Å². The van der Waals surface area contributed by atoms with Crippen LogP contribution >= 0.6 is 11.3 Å². The third-order valence-corrected chi connectivity index (χ3v) is 5.52. The summed E-state index contributed by atoms with van der Waals surface area (Å²) in [5.74, 6) is -0.699. The van der Waals surface area contributed by atoms with E-state index in [0.29, 0.717) is 36.5 Å². The van der Waals surface area contributed by atoms with Crippen LogP contribution in [0.25, 0.3) is 10.6 Å². The number of aryl methyl sites for hydroxylation is 1. The standard InChI is InChI=1S/C16H19N3O3S/c1-9-6-11(19-13(17)7-9)12-8-18-15(23-12)16(22)4-2-10(3-5-16)14(20)21/h6-8,10,22H,2-5H2,1H3,(H2,17,19)(H,20,21). The zero-order chi connectivity index (χ0) is 16.6. The summed E-state index contributed by atoms with van der Waals surface area (Å²) in [6, 6.07) is 3.73. The maximum atomic E-state index is 11.0. The Kier molecular flexibility index (Phi) is 4.08. The van der Waals surface area contributed by atoms with Gasteiger partial charge in [-0.1, -0.05) is 0 Å². The number of hydrogen-bond acceptors (Lipinski definition) is 6. The van der Waals surface area contributed by atoms with Crippen LogP contribution < -0.4 is 5.73 Å². The summed E-state index contributed by atoms with van der Waals surface area (Å²) in [7, 11) is 0. The second-order valence-electron chi connectivity index (χ2n) is 6.13. The molecule has 0 amide bonds. The lowest BCUT2D eigenvalue weighted by Gasteiger charge is -2.32. The van der Waals surface area contributed by atoms with E-state index in [4.69, 9.17) is 10.8 Å². The molecule has 0 radical (unpaired) electrons. The molecule has 3 rings (SSSR count). The van der Waals surface area contributed by atoms with E-state index in [2.05, 4.69) is 9.97 Å². The molecule has 0 spiro atoms. The van der Waals surface area contributed by atoms with Crippen LogP contribution in [0.5, 0.6) is 0 Å². The summed E-state index contributed by atoms with van der Waals surface area (Å²) < 4.78 is 0. The van der Waals surface area contributed by atoms with Crippen LogP contribution in [0.15, 0.2) is 18.3 Å². The Balaban J connectivity index is 1.83. The zero-order valence-electron chi connectivity index (χ0n) is 12.8. The van der Waals surface area contributed by atoms with E-state index >= 15 is 0 Å². The number of nitrogen functional groups attached to an aromatic ring is 1. The van der Waals surface area contributed by atoms with Crippen molar-refractivity contribution in [2.45, 2.75) is 38.2 Å². The zero-order valence-corrected chi connectivity index (χ0v) is 13.6. The van der Waals surface area contributed by atoms with Crippen molar-refractivity contribution in [2.75, 3.05) is 5.73 Å². The molecule has 2 heterocycles. The summed E-state index contributed by atoms with van der Waals surface area (Å²) >= 11 is 1.39. The molecule has 7 heteroatoms. The highest BCUT2D eigenvalue weighted by Crippen LogP contribution is 2.42. The number of carbonyl (C=O) groups is 1. The first-order valence-corrected chi connectivity index (χ1v) is 8.35. The van der Waals surface area contributed by atoms with Crippen LogP contribution in [-0.4, -0.2) is 26.2 Å². The molecule has 6 nitrogen and oxygen atoms in total. The first kappa shape index (κ1) is 15.9. The molecule has 23 heavy (non-hydrogen) atoms. The average molecular weight is 333 g/mol. The van der Waals surface area contributed by atoms with E-state index in [1.54, 1.807) is 12.3 Å². The minimum atomic E-state index is -1.04. The molecule has 1 aliphatic rings. The monoisotopic (exact) mass is 333 g/mol. The average Bonchev–Trinajstić information content (AvgIpc) is 2.97. The molecule has 0 saturated heterocycles. The lowest BCUT2D eigenvalue weighted by Crippen LogP contribution is -2.33. The van der Waals surface area contributed by atoms with E-state index in [1.165, 1.54) is 11.3 Å². The highest BCUT2D eigenvalue weighted by molar-refractivity contribution is 7.15. The van der Waals surface area contributed by atoms with Crippen molar-refractivity contribution in [3.63, 3.8) is 0 Å². The molecule has 4 N–H and O–H groups in total. The Bertz CT molecular complexity index is 716. The lowest BCUT2D eigenvalue weighted by atomic mass is 9.79. The molecule has 1 fully saturated rings. The van der Waals surface area contributed by atoms with Crippen LogP contribution in [0.2, 0.25) is 0 Å². The Labute approximate surface area is 138 Å². The number of anilines is 1. The Morgan fingerprint density at radius 1 is 1.39 bits per heavy atom. The third-order valence-electron chi connectivity index (χ3n) is 4.31. The van der Waals surface area contributed by atoms with Crippen LogP contribution in [0.4, 0.5) is 5.82 Å². The summed E-state index contributed by atoms with van der Waals surface area (Å²) in [5.41, 5.74) is 6.51. The number of aliphatic carboxylic acids is 1. The maximum Gasteiger partial charge on any atom is 0.306 e. The molecule has 1 aliphatic carbocycles. The normalized spacial score (nSPS) is 24.5. The van der Waals surface area contributed by atoms with Gasteiger partial charge in [0.1, 0.15) is 16.4 Å². The van der Waals surface area contributed by atoms with Gasteiger partial charge in [0.2, 0.25) is 0 Å². The van der Waals surface area contributed by atoms with Crippen molar-refractivity contribution in [1.29, 1.82) is 0 Å². The van der Waals surface area contributed by atoms with E-state index in [1.807, 2.05) is 13.0 Å². The molecule has 1 saturated carbocycles. The molecule has 0 atom stereocenters. The van der Waals surface area contributed by atoms with Crippen molar-refractivity contribution >= 4 is 23.1 Å². The van der Waals surface area contributed by atoms with Crippen LogP contribution in [0.1, 0.15) is 36.3 Å². The molecule has 2 aromatic heterocycles. The number of nitrogens with two attached hydrogens (primary N) is 1. The fourth-order valence-corrected chi connectivity index (χ4v) is 4.01. The number of pyridine rings is 1. The van der Waals surface area contributed by atoms with Crippen LogP contribution in [0, 0.1) is 12.8 Å². The number of hydrogen-bond donors (Lipinski definition) is 3. The minimum absolute atomic E-state index is 0.368. The van der Waals surface area contributed by atoms with E-state index in [-0.39, 0.29) is 5.92 Å².